The maximum atomic E-state index is 13.4. The Labute approximate surface area is 203 Å². The number of nitrogens with zero attached hydrogens (tertiary/aromatic N) is 4. The highest BCUT2D eigenvalue weighted by atomic mass is 79.9. The quantitative estimate of drug-likeness (QED) is 0.227. The van der Waals surface area contributed by atoms with Crippen LogP contribution in [0.3, 0.4) is 0 Å². The number of para-hydroxylation sites is 1. The summed E-state index contributed by atoms with van der Waals surface area (Å²) < 4.78 is 9.19. The van der Waals surface area contributed by atoms with Crippen LogP contribution in [-0.4, -0.2) is 20.8 Å². The van der Waals surface area contributed by atoms with Crippen molar-refractivity contribution in [3.63, 3.8) is 0 Å². The number of azo groups is 1. The van der Waals surface area contributed by atoms with Crippen LogP contribution in [0.1, 0.15) is 6.92 Å². The second-order valence-electron chi connectivity index (χ2n) is 6.87. The van der Waals surface area contributed by atoms with Gasteiger partial charge in [-0.1, -0.05) is 34.1 Å². The van der Waals surface area contributed by atoms with Gasteiger partial charge in [-0.15, -0.1) is 5.11 Å². The molecule has 0 atom stereocenters. The van der Waals surface area contributed by atoms with E-state index in [4.69, 9.17) is 17.0 Å². The number of aromatic nitrogens is 2. The second kappa shape index (κ2) is 9.93. The lowest BCUT2D eigenvalue weighted by Gasteiger charge is -2.16. The summed E-state index contributed by atoms with van der Waals surface area (Å²) in [5, 5.41) is 19.3. The first kappa shape index (κ1) is 22.6. The van der Waals surface area contributed by atoms with Crippen LogP contribution in [0, 0.1) is 4.77 Å². The third-order valence-electron chi connectivity index (χ3n) is 4.72. The molecule has 3 aromatic carbocycles. The van der Waals surface area contributed by atoms with Crippen molar-refractivity contribution < 1.29 is 9.84 Å². The molecular formula is C24H19BrN4O3S. The Hall–Kier alpha value is -3.56. The zero-order valence-corrected chi connectivity index (χ0v) is 20.0. The Kier molecular flexibility index (Phi) is 6.81. The van der Waals surface area contributed by atoms with E-state index in [2.05, 4.69) is 26.2 Å². The number of hydrogen-bond donors (Lipinski definition) is 1. The average Bonchev–Trinajstić information content (AvgIpc) is 2.82. The summed E-state index contributed by atoms with van der Waals surface area (Å²) in [6.07, 6.45) is 0. The van der Waals surface area contributed by atoms with Gasteiger partial charge in [0.25, 0.3) is 5.56 Å². The van der Waals surface area contributed by atoms with Gasteiger partial charge >= 0.3 is 0 Å². The molecule has 1 N–H and O–H groups in total. The predicted molar refractivity (Wildman–Crippen MR) is 133 cm³/mol. The van der Waals surface area contributed by atoms with Gasteiger partial charge in [-0.3, -0.25) is 13.9 Å². The van der Waals surface area contributed by atoms with Gasteiger partial charge in [0.2, 0.25) is 11.6 Å². The molecule has 1 aromatic heterocycles. The smallest absolute Gasteiger partial charge is 0.290 e. The summed E-state index contributed by atoms with van der Waals surface area (Å²) in [5.41, 5.74) is 0.812. The largest absolute Gasteiger partial charge is 0.494 e. The lowest BCUT2D eigenvalue weighted by Crippen LogP contribution is -2.23. The molecule has 0 aliphatic carbocycles. The van der Waals surface area contributed by atoms with Crippen LogP contribution in [0.5, 0.6) is 11.6 Å². The fourth-order valence-corrected chi connectivity index (χ4v) is 3.83. The summed E-state index contributed by atoms with van der Waals surface area (Å²) in [5.74, 6) is 0.279. The molecule has 0 saturated heterocycles. The lowest BCUT2D eigenvalue weighted by molar-refractivity contribution is 0.340. The first-order valence-corrected chi connectivity index (χ1v) is 11.3. The third-order valence-corrected chi connectivity index (χ3v) is 5.62. The molecule has 1 heterocycles. The van der Waals surface area contributed by atoms with Crippen LogP contribution in [-0.2, 0) is 0 Å². The van der Waals surface area contributed by atoms with Crippen molar-refractivity contribution in [3.8, 4) is 23.0 Å². The standard InChI is InChI=1S/C24H19BrN4O3S/c1-2-32-20-14-12-19(13-15-20)29-23(31)21(27-26-17-10-8-16(25)9-11-17)22(30)28(24(29)33)18-6-4-3-5-7-18/h3-15,31H,2H2,1H3. The van der Waals surface area contributed by atoms with Crippen molar-refractivity contribution >= 4 is 39.5 Å². The summed E-state index contributed by atoms with van der Waals surface area (Å²) in [7, 11) is 0. The third kappa shape index (κ3) is 4.79. The molecule has 9 heteroatoms. The highest BCUT2D eigenvalue weighted by Gasteiger charge is 2.19. The van der Waals surface area contributed by atoms with Crippen molar-refractivity contribution in [1.29, 1.82) is 0 Å². The van der Waals surface area contributed by atoms with Crippen LogP contribution >= 0.6 is 28.1 Å². The van der Waals surface area contributed by atoms with E-state index in [0.29, 0.717) is 29.4 Å². The van der Waals surface area contributed by atoms with Gasteiger partial charge in [-0.2, -0.15) is 5.11 Å². The lowest BCUT2D eigenvalue weighted by atomic mass is 10.3. The number of benzene rings is 3. The van der Waals surface area contributed by atoms with Crippen molar-refractivity contribution in [1.82, 2.24) is 9.13 Å². The Morgan fingerprint density at radius 3 is 2.18 bits per heavy atom. The minimum Gasteiger partial charge on any atom is -0.494 e. The van der Waals surface area contributed by atoms with Gasteiger partial charge in [-0.25, -0.2) is 0 Å². The minimum absolute atomic E-state index is 0.0930. The van der Waals surface area contributed by atoms with Gasteiger partial charge < -0.3 is 9.84 Å². The number of halogens is 1. The van der Waals surface area contributed by atoms with Gasteiger partial charge in [0.1, 0.15) is 5.75 Å². The number of aromatic hydroxyl groups is 1. The van der Waals surface area contributed by atoms with Crippen LogP contribution in [0.2, 0.25) is 0 Å². The minimum atomic E-state index is -0.577. The van der Waals surface area contributed by atoms with Crippen LogP contribution in [0.15, 0.2) is 98.4 Å². The van der Waals surface area contributed by atoms with Gasteiger partial charge in [-0.05, 0) is 79.8 Å². The molecule has 0 spiro atoms. The van der Waals surface area contributed by atoms with Crippen LogP contribution in [0.4, 0.5) is 11.4 Å². The molecular weight excluding hydrogens is 504 g/mol. The Morgan fingerprint density at radius 1 is 0.909 bits per heavy atom. The zero-order chi connectivity index (χ0) is 23.4. The zero-order valence-electron chi connectivity index (χ0n) is 17.6. The van der Waals surface area contributed by atoms with E-state index >= 15 is 0 Å². The number of rotatable bonds is 6. The van der Waals surface area contributed by atoms with Gasteiger partial charge in [0.05, 0.1) is 23.7 Å². The number of ether oxygens (including phenoxy) is 1. The normalized spacial score (nSPS) is 11.1. The molecule has 166 valence electrons. The van der Waals surface area contributed by atoms with Crippen molar-refractivity contribution in [3.05, 3.63) is 98.5 Å². The van der Waals surface area contributed by atoms with E-state index in [1.54, 1.807) is 60.7 Å². The first-order chi connectivity index (χ1) is 16.0. The van der Waals surface area contributed by atoms with E-state index in [1.165, 1.54) is 9.13 Å². The molecule has 7 nitrogen and oxygen atoms in total. The monoisotopic (exact) mass is 522 g/mol. The molecule has 4 aromatic rings. The molecule has 33 heavy (non-hydrogen) atoms. The molecule has 0 aliphatic heterocycles. The predicted octanol–water partition coefficient (Wildman–Crippen LogP) is 6.64. The fourth-order valence-electron chi connectivity index (χ4n) is 3.18. The molecule has 0 saturated carbocycles. The van der Waals surface area contributed by atoms with Crippen molar-refractivity contribution in [2.24, 2.45) is 10.2 Å². The molecule has 0 unspecified atom stereocenters. The fraction of sp³-hybridized carbons (Fsp3) is 0.0833. The highest BCUT2D eigenvalue weighted by Crippen LogP contribution is 2.30. The Bertz CT molecular complexity index is 1410. The van der Waals surface area contributed by atoms with E-state index in [-0.39, 0.29) is 10.5 Å². The molecule has 0 aliphatic rings. The molecule has 0 fully saturated rings. The van der Waals surface area contributed by atoms with E-state index in [9.17, 15) is 9.90 Å². The van der Waals surface area contributed by atoms with Crippen LogP contribution in [0.25, 0.3) is 11.4 Å². The first-order valence-electron chi connectivity index (χ1n) is 10.1. The molecule has 0 amide bonds. The summed E-state index contributed by atoms with van der Waals surface area (Å²) >= 11 is 8.99. The van der Waals surface area contributed by atoms with E-state index < -0.39 is 11.4 Å². The molecule has 0 radical (unpaired) electrons. The van der Waals surface area contributed by atoms with Crippen molar-refractivity contribution in [2.45, 2.75) is 6.92 Å². The van der Waals surface area contributed by atoms with Gasteiger partial charge in [0.15, 0.2) is 4.77 Å². The molecule has 0 bridgehead atoms. The maximum Gasteiger partial charge on any atom is 0.290 e. The summed E-state index contributed by atoms with van der Waals surface area (Å²) in [6.45, 7) is 2.43. The Morgan fingerprint density at radius 2 is 1.55 bits per heavy atom. The van der Waals surface area contributed by atoms with E-state index in [1.807, 2.05) is 25.1 Å². The topological polar surface area (TPSA) is 81.1 Å². The molecule has 4 rings (SSSR count). The summed E-state index contributed by atoms with van der Waals surface area (Å²) in [6, 6.07) is 23.1. The average molecular weight is 523 g/mol. The van der Waals surface area contributed by atoms with E-state index in [0.717, 1.165) is 4.47 Å². The van der Waals surface area contributed by atoms with Crippen LogP contribution < -0.4 is 10.3 Å². The Balaban J connectivity index is 1.94. The number of hydrogen-bond acceptors (Lipinski definition) is 6. The van der Waals surface area contributed by atoms with Crippen molar-refractivity contribution in [2.75, 3.05) is 6.61 Å². The highest BCUT2D eigenvalue weighted by molar-refractivity contribution is 9.10. The van der Waals surface area contributed by atoms with Gasteiger partial charge in [0, 0.05) is 4.47 Å². The maximum absolute atomic E-state index is 13.4. The second-order valence-corrected chi connectivity index (χ2v) is 8.15. The SMILES string of the molecule is CCOc1ccc(-n2c(O)c(N=Nc3ccc(Br)cc3)c(=O)n(-c3ccccc3)c2=S)cc1. The summed E-state index contributed by atoms with van der Waals surface area (Å²) in [4.78, 5) is 13.4.